The third-order valence-electron chi connectivity index (χ3n) is 2.97. The highest BCUT2D eigenvalue weighted by molar-refractivity contribution is 5.62. The molecule has 3 rings (SSSR count). The molecule has 0 saturated heterocycles. The summed E-state index contributed by atoms with van der Waals surface area (Å²) in [7, 11) is 0. The van der Waals surface area contributed by atoms with Crippen molar-refractivity contribution in [1.82, 2.24) is 4.98 Å². The van der Waals surface area contributed by atoms with Gasteiger partial charge in [-0.1, -0.05) is 12.2 Å². The average Bonchev–Trinajstić information content (AvgIpc) is 2.83. The molecule has 2 aliphatic rings. The lowest BCUT2D eigenvalue weighted by Gasteiger charge is -2.10. The minimum absolute atomic E-state index is 0.826. The summed E-state index contributed by atoms with van der Waals surface area (Å²) in [5.74, 6) is 1.67. The van der Waals surface area contributed by atoms with E-state index in [-0.39, 0.29) is 0 Å². The van der Waals surface area contributed by atoms with Gasteiger partial charge < -0.3 is 0 Å². The lowest BCUT2D eigenvalue weighted by atomic mass is 9.97. The van der Waals surface area contributed by atoms with Crippen LogP contribution in [0.4, 0.5) is 0 Å². The van der Waals surface area contributed by atoms with Gasteiger partial charge in [0.1, 0.15) is 0 Å². The van der Waals surface area contributed by atoms with Crippen LogP contribution < -0.4 is 0 Å². The second-order valence-corrected chi connectivity index (χ2v) is 3.76. The first-order valence-corrected chi connectivity index (χ1v) is 4.50. The van der Waals surface area contributed by atoms with Crippen molar-refractivity contribution in [2.24, 2.45) is 5.92 Å². The van der Waals surface area contributed by atoms with Gasteiger partial charge in [-0.2, -0.15) is 0 Å². The summed E-state index contributed by atoms with van der Waals surface area (Å²) in [6.07, 6.45) is 7.86. The van der Waals surface area contributed by atoms with E-state index < -0.39 is 0 Å². The number of allylic oxidation sites excluding steroid dienone is 1. The maximum atomic E-state index is 4.29. The van der Waals surface area contributed by atoms with Crippen LogP contribution in [0.25, 0.3) is 6.08 Å². The van der Waals surface area contributed by atoms with E-state index in [1.165, 1.54) is 23.2 Å². The van der Waals surface area contributed by atoms with Gasteiger partial charge in [0.2, 0.25) is 0 Å². The van der Waals surface area contributed by atoms with E-state index in [2.05, 4.69) is 30.1 Å². The molecule has 0 radical (unpaired) electrons. The summed E-state index contributed by atoms with van der Waals surface area (Å²) < 4.78 is 0. The molecule has 0 aliphatic heterocycles. The smallest absolute Gasteiger partial charge is 0.0447 e. The highest BCUT2D eigenvalue weighted by Crippen LogP contribution is 2.52. The minimum Gasteiger partial charge on any atom is -0.261 e. The molecule has 1 aromatic heterocycles. The van der Waals surface area contributed by atoms with Crippen molar-refractivity contribution in [2.45, 2.75) is 19.3 Å². The van der Waals surface area contributed by atoms with Crippen LogP contribution in [0.1, 0.15) is 29.2 Å². The number of aryl methyl sites for hydroxylation is 1. The molecule has 1 fully saturated rings. The zero-order valence-electron chi connectivity index (χ0n) is 7.12. The number of rotatable bonds is 0. The van der Waals surface area contributed by atoms with E-state index in [9.17, 15) is 0 Å². The second-order valence-electron chi connectivity index (χ2n) is 3.76. The first-order valence-electron chi connectivity index (χ1n) is 4.50. The van der Waals surface area contributed by atoms with Gasteiger partial charge in [0.25, 0.3) is 0 Å². The van der Waals surface area contributed by atoms with Crippen LogP contribution >= 0.6 is 0 Å². The summed E-state index contributed by atoms with van der Waals surface area (Å²) in [6.45, 7) is 2.09. The van der Waals surface area contributed by atoms with Crippen LogP contribution in [-0.4, -0.2) is 4.98 Å². The number of nitrogens with zero attached hydrogens (tertiary/aromatic N) is 1. The van der Waals surface area contributed by atoms with Gasteiger partial charge in [0.15, 0.2) is 0 Å². The normalized spacial score (nSPS) is 29.4. The van der Waals surface area contributed by atoms with Crippen molar-refractivity contribution < 1.29 is 0 Å². The van der Waals surface area contributed by atoms with E-state index in [1.807, 2.05) is 6.20 Å². The second kappa shape index (κ2) is 1.98. The summed E-state index contributed by atoms with van der Waals surface area (Å²) >= 11 is 0. The van der Waals surface area contributed by atoms with E-state index in [0.717, 1.165) is 11.8 Å². The van der Waals surface area contributed by atoms with Crippen molar-refractivity contribution in [1.29, 1.82) is 0 Å². The lowest BCUT2D eigenvalue weighted by Crippen LogP contribution is -1.96. The number of pyridine rings is 1. The average molecular weight is 157 g/mol. The Morgan fingerprint density at radius 1 is 1.50 bits per heavy atom. The molecule has 2 unspecified atom stereocenters. The molecule has 0 N–H and O–H groups in total. The van der Waals surface area contributed by atoms with Gasteiger partial charge in [-0.05, 0) is 42.4 Å². The summed E-state index contributed by atoms with van der Waals surface area (Å²) in [4.78, 5) is 4.29. The van der Waals surface area contributed by atoms with Gasteiger partial charge in [-0.3, -0.25) is 4.98 Å². The Morgan fingerprint density at radius 2 is 2.42 bits per heavy atom. The number of hydrogen-bond acceptors (Lipinski definition) is 1. The van der Waals surface area contributed by atoms with Gasteiger partial charge in [0.05, 0.1) is 0 Å². The standard InChI is InChI=1S/C11H11N/c1-7-9-3-2-8-6-11(8)10(9)4-5-12-7/h2-5,8,11H,6H2,1H3. The molecule has 1 heterocycles. The van der Waals surface area contributed by atoms with Crippen LogP contribution in [0.2, 0.25) is 0 Å². The van der Waals surface area contributed by atoms with E-state index >= 15 is 0 Å². The molecular formula is C11H11N. The van der Waals surface area contributed by atoms with Crippen molar-refractivity contribution >= 4 is 6.08 Å². The minimum atomic E-state index is 0.826. The molecule has 0 aromatic carbocycles. The monoisotopic (exact) mass is 157 g/mol. The molecule has 1 heteroatoms. The van der Waals surface area contributed by atoms with Crippen LogP contribution in [0.15, 0.2) is 18.3 Å². The largest absolute Gasteiger partial charge is 0.261 e. The summed E-state index contributed by atoms with van der Waals surface area (Å²) in [5, 5.41) is 0. The molecule has 2 atom stereocenters. The van der Waals surface area contributed by atoms with Crippen molar-refractivity contribution in [3.8, 4) is 0 Å². The van der Waals surface area contributed by atoms with E-state index in [0.29, 0.717) is 0 Å². The number of aromatic nitrogens is 1. The Balaban J connectivity index is 2.26. The molecule has 0 bridgehead atoms. The molecule has 0 amide bonds. The molecule has 60 valence electrons. The SMILES string of the molecule is Cc1nccc2c1C=CC1CC21. The Labute approximate surface area is 72.1 Å². The highest BCUT2D eigenvalue weighted by Gasteiger charge is 2.39. The fourth-order valence-corrected chi connectivity index (χ4v) is 2.14. The summed E-state index contributed by atoms with van der Waals surface area (Å²) in [6, 6.07) is 2.18. The van der Waals surface area contributed by atoms with Gasteiger partial charge in [0, 0.05) is 11.9 Å². The van der Waals surface area contributed by atoms with Crippen LogP contribution in [0.5, 0.6) is 0 Å². The zero-order valence-corrected chi connectivity index (χ0v) is 7.12. The van der Waals surface area contributed by atoms with Crippen LogP contribution in [-0.2, 0) is 0 Å². The van der Waals surface area contributed by atoms with Gasteiger partial charge >= 0.3 is 0 Å². The first-order chi connectivity index (χ1) is 5.86. The Hall–Kier alpha value is -1.11. The zero-order chi connectivity index (χ0) is 8.13. The van der Waals surface area contributed by atoms with Crippen molar-refractivity contribution in [2.75, 3.05) is 0 Å². The molecule has 1 nitrogen and oxygen atoms in total. The molecule has 2 aliphatic carbocycles. The van der Waals surface area contributed by atoms with Crippen LogP contribution in [0.3, 0.4) is 0 Å². The van der Waals surface area contributed by atoms with Crippen molar-refractivity contribution in [3.63, 3.8) is 0 Å². The Bertz CT molecular complexity index is 365. The van der Waals surface area contributed by atoms with Crippen molar-refractivity contribution in [3.05, 3.63) is 35.2 Å². The molecular weight excluding hydrogens is 146 g/mol. The number of hydrogen-bond donors (Lipinski definition) is 0. The third kappa shape index (κ3) is 0.711. The van der Waals surface area contributed by atoms with E-state index in [4.69, 9.17) is 0 Å². The molecule has 1 aromatic rings. The fourth-order valence-electron chi connectivity index (χ4n) is 2.14. The predicted octanol–water partition coefficient (Wildman–Crippen LogP) is 2.52. The first kappa shape index (κ1) is 6.41. The third-order valence-corrected chi connectivity index (χ3v) is 2.97. The molecule has 0 spiro atoms. The van der Waals surface area contributed by atoms with Crippen LogP contribution in [0, 0.1) is 12.8 Å². The number of fused-ring (bicyclic) bond motifs is 3. The maximum absolute atomic E-state index is 4.29. The van der Waals surface area contributed by atoms with Gasteiger partial charge in [-0.25, -0.2) is 0 Å². The Kier molecular flexibility index (Phi) is 1.06. The van der Waals surface area contributed by atoms with E-state index in [1.54, 1.807) is 0 Å². The predicted molar refractivity (Wildman–Crippen MR) is 48.9 cm³/mol. The quantitative estimate of drug-likeness (QED) is 0.564. The molecule has 12 heavy (non-hydrogen) atoms. The molecule has 1 saturated carbocycles. The lowest BCUT2D eigenvalue weighted by molar-refractivity contribution is 0.975. The topological polar surface area (TPSA) is 12.9 Å². The summed E-state index contributed by atoms with van der Waals surface area (Å²) in [5.41, 5.74) is 4.07. The Morgan fingerprint density at radius 3 is 3.33 bits per heavy atom. The van der Waals surface area contributed by atoms with Gasteiger partial charge in [-0.15, -0.1) is 0 Å². The fraction of sp³-hybridized carbons (Fsp3) is 0.364. The highest BCUT2D eigenvalue weighted by atomic mass is 14.7. The maximum Gasteiger partial charge on any atom is 0.0447 e.